The summed E-state index contributed by atoms with van der Waals surface area (Å²) in [6.45, 7) is 8.43. The summed E-state index contributed by atoms with van der Waals surface area (Å²) in [6, 6.07) is 11.9. The quantitative estimate of drug-likeness (QED) is 0.559. The van der Waals surface area contributed by atoms with E-state index in [1.807, 2.05) is 31.2 Å². The van der Waals surface area contributed by atoms with Gasteiger partial charge in [-0.2, -0.15) is 0 Å². The molecule has 2 aromatic carbocycles. The van der Waals surface area contributed by atoms with E-state index in [2.05, 4.69) is 53.5 Å². The van der Waals surface area contributed by atoms with Crippen LogP contribution in [-0.2, 0) is 11.3 Å². The Morgan fingerprint density at radius 3 is 2.64 bits per heavy atom. The van der Waals surface area contributed by atoms with E-state index in [1.54, 1.807) is 4.68 Å². The summed E-state index contributed by atoms with van der Waals surface area (Å²) < 4.78 is 1.60. The number of carbonyl (C=O) groups is 1. The lowest BCUT2D eigenvalue weighted by molar-refractivity contribution is -0.116. The number of amides is 1. The second kappa shape index (κ2) is 7.16. The predicted octanol–water partition coefficient (Wildman–Crippen LogP) is 4.43. The van der Waals surface area contributed by atoms with Gasteiger partial charge in [0, 0.05) is 10.4 Å². The fourth-order valence-corrected chi connectivity index (χ4v) is 4.09. The highest BCUT2D eigenvalue weighted by Crippen LogP contribution is 2.33. The molecule has 0 saturated carbocycles. The zero-order valence-corrected chi connectivity index (χ0v) is 17.1. The second-order valence-corrected chi connectivity index (χ2v) is 8.16. The maximum Gasteiger partial charge on any atom is 0.247 e. The van der Waals surface area contributed by atoms with E-state index in [-0.39, 0.29) is 12.5 Å². The highest BCUT2D eigenvalue weighted by atomic mass is 32.1. The number of aromatic nitrogens is 4. The number of rotatable bonds is 4. The molecule has 1 amide bonds. The highest BCUT2D eigenvalue weighted by Gasteiger charge is 2.15. The lowest BCUT2D eigenvalue weighted by Crippen LogP contribution is -2.19. The van der Waals surface area contributed by atoms with Crippen molar-refractivity contribution in [3.8, 4) is 11.3 Å². The number of para-hydroxylation sites is 1. The van der Waals surface area contributed by atoms with Crippen LogP contribution in [0.4, 0.5) is 5.13 Å². The first-order chi connectivity index (χ1) is 13.4. The summed E-state index contributed by atoms with van der Waals surface area (Å²) >= 11 is 1.48. The van der Waals surface area contributed by atoms with Crippen molar-refractivity contribution in [1.29, 1.82) is 0 Å². The molecule has 142 valence electrons. The van der Waals surface area contributed by atoms with Crippen LogP contribution in [0.1, 0.15) is 21.6 Å². The van der Waals surface area contributed by atoms with Crippen LogP contribution in [0.25, 0.3) is 22.3 Å². The molecule has 6 nitrogen and oxygen atoms in total. The Kier molecular flexibility index (Phi) is 4.68. The minimum Gasteiger partial charge on any atom is -0.300 e. The van der Waals surface area contributed by atoms with Gasteiger partial charge in [-0.15, -0.1) is 16.4 Å². The van der Waals surface area contributed by atoms with Gasteiger partial charge < -0.3 is 5.32 Å². The van der Waals surface area contributed by atoms with Gasteiger partial charge in [-0.3, -0.25) is 4.79 Å². The number of hydrogen-bond acceptors (Lipinski definition) is 5. The van der Waals surface area contributed by atoms with Gasteiger partial charge in [-0.05, 0) is 62.6 Å². The lowest BCUT2D eigenvalue weighted by Gasteiger charge is -2.08. The van der Waals surface area contributed by atoms with Gasteiger partial charge >= 0.3 is 0 Å². The Morgan fingerprint density at radius 2 is 1.82 bits per heavy atom. The first-order valence-corrected chi connectivity index (χ1v) is 9.88. The van der Waals surface area contributed by atoms with E-state index < -0.39 is 0 Å². The van der Waals surface area contributed by atoms with Crippen molar-refractivity contribution in [2.24, 2.45) is 0 Å². The first kappa shape index (κ1) is 18.3. The smallest absolute Gasteiger partial charge is 0.247 e. The molecule has 0 fully saturated rings. The third-order valence-electron chi connectivity index (χ3n) is 4.85. The van der Waals surface area contributed by atoms with E-state index in [9.17, 15) is 4.79 Å². The van der Waals surface area contributed by atoms with Crippen molar-refractivity contribution < 1.29 is 4.79 Å². The van der Waals surface area contributed by atoms with Crippen molar-refractivity contribution in [3.05, 3.63) is 58.0 Å². The number of nitrogens with zero attached hydrogens (tertiary/aromatic N) is 4. The summed E-state index contributed by atoms with van der Waals surface area (Å²) in [4.78, 5) is 18.3. The number of benzene rings is 2. The van der Waals surface area contributed by atoms with E-state index in [0.717, 1.165) is 27.2 Å². The van der Waals surface area contributed by atoms with Gasteiger partial charge in [0.1, 0.15) is 12.1 Å². The summed E-state index contributed by atoms with van der Waals surface area (Å²) in [5.74, 6) is -0.173. The van der Waals surface area contributed by atoms with Crippen LogP contribution < -0.4 is 5.32 Å². The summed E-state index contributed by atoms with van der Waals surface area (Å²) in [6.07, 6.45) is 0. The van der Waals surface area contributed by atoms with E-state index >= 15 is 0 Å². The van der Waals surface area contributed by atoms with Crippen molar-refractivity contribution >= 4 is 33.4 Å². The fraction of sp³-hybridized carbons (Fsp3) is 0.238. The average Bonchev–Trinajstić information content (AvgIpc) is 3.22. The third kappa shape index (κ3) is 3.41. The molecule has 4 rings (SSSR count). The molecule has 0 aliphatic heterocycles. The molecule has 0 saturated heterocycles. The monoisotopic (exact) mass is 391 g/mol. The zero-order valence-electron chi connectivity index (χ0n) is 16.3. The lowest BCUT2D eigenvalue weighted by atomic mass is 9.98. The minimum absolute atomic E-state index is 0.0944. The fourth-order valence-electron chi connectivity index (χ4n) is 3.24. The number of carbonyl (C=O) groups excluding carboxylic acids is 1. The SMILES string of the molecule is Cc1cc(C)c(-c2nc(NC(=O)Cn3nnc4ccccc43)sc2C)cc1C. The number of hydrogen-bond donors (Lipinski definition) is 1. The highest BCUT2D eigenvalue weighted by molar-refractivity contribution is 7.16. The Labute approximate surface area is 167 Å². The van der Waals surface area contributed by atoms with E-state index in [4.69, 9.17) is 0 Å². The van der Waals surface area contributed by atoms with Gasteiger partial charge in [-0.25, -0.2) is 9.67 Å². The number of nitrogens with one attached hydrogen (secondary N) is 1. The van der Waals surface area contributed by atoms with Crippen molar-refractivity contribution in [3.63, 3.8) is 0 Å². The van der Waals surface area contributed by atoms with E-state index in [0.29, 0.717) is 5.13 Å². The number of aryl methyl sites for hydroxylation is 4. The molecule has 0 unspecified atom stereocenters. The number of fused-ring (bicyclic) bond motifs is 1. The molecular weight excluding hydrogens is 370 g/mol. The zero-order chi connectivity index (χ0) is 19.8. The molecule has 4 aromatic rings. The molecule has 2 heterocycles. The van der Waals surface area contributed by atoms with Crippen LogP contribution in [0.3, 0.4) is 0 Å². The molecule has 0 radical (unpaired) electrons. The van der Waals surface area contributed by atoms with Crippen LogP contribution in [0.5, 0.6) is 0 Å². The molecule has 0 spiro atoms. The second-order valence-electron chi connectivity index (χ2n) is 6.96. The average molecular weight is 392 g/mol. The van der Waals surface area contributed by atoms with Crippen molar-refractivity contribution in [1.82, 2.24) is 20.0 Å². The van der Waals surface area contributed by atoms with Crippen LogP contribution in [0, 0.1) is 27.7 Å². The summed E-state index contributed by atoms with van der Waals surface area (Å²) in [7, 11) is 0. The first-order valence-electron chi connectivity index (χ1n) is 9.06. The maximum atomic E-state index is 12.5. The molecular formula is C21H21N5OS. The van der Waals surface area contributed by atoms with E-state index in [1.165, 1.54) is 28.0 Å². The third-order valence-corrected chi connectivity index (χ3v) is 5.74. The molecule has 0 aliphatic carbocycles. The Hall–Kier alpha value is -3.06. The Bertz CT molecular complexity index is 1190. The summed E-state index contributed by atoms with van der Waals surface area (Å²) in [5.41, 5.74) is 7.32. The molecule has 0 aliphatic rings. The standard InChI is InChI=1S/C21H21N5OS/c1-12-9-14(3)16(10-13(12)2)20-15(4)28-21(23-20)22-19(27)11-26-18-8-6-5-7-17(18)24-25-26/h5-10H,11H2,1-4H3,(H,22,23,27). The normalized spacial score (nSPS) is 11.1. The molecule has 28 heavy (non-hydrogen) atoms. The van der Waals surface area contributed by atoms with Crippen LogP contribution >= 0.6 is 11.3 Å². The van der Waals surface area contributed by atoms with Gasteiger partial charge in [0.15, 0.2) is 5.13 Å². The van der Waals surface area contributed by atoms with Crippen LogP contribution in [0.15, 0.2) is 36.4 Å². The topological polar surface area (TPSA) is 72.7 Å². The molecule has 1 N–H and O–H groups in total. The van der Waals surface area contributed by atoms with Crippen LogP contribution in [0.2, 0.25) is 0 Å². The van der Waals surface area contributed by atoms with Gasteiger partial charge in [0.25, 0.3) is 0 Å². The number of thiazole rings is 1. The van der Waals surface area contributed by atoms with Crippen molar-refractivity contribution in [2.45, 2.75) is 34.2 Å². The maximum absolute atomic E-state index is 12.5. The van der Waals surface area contributed by atoms with Crippen molar-refractivity contribution in [2.75, 3.05) is 5.32 Å². The summed E-state index contributed by atoms with van der Waals surface area (Å²) in [5, 5.41) is 11.6. The molecule has 2 aromatic heterocycles. The molecule has 0 atom stereocenters. The predicted molar refractivity (Wildman–Crippen MR) is 113 cm³/mol. The van der Waals surface area contributed by atoms with Gasteiger partial charge in [-0.1, -0.05) is 23.4 Å². The number of anilines is 1. The Balaban J connectivity index is 1.56. The Morgan fingerprint density at radius 1 is 1.07 bits per heavy atom. The molecule has 0 bridgehead atoms. The molecule has 7 heteroatoms. The largest absolute Gasteiger partial charge is 0.300 e. The van der Waals surface area contributed by atoms with Crippen LogP contribution in [-0.4, -0.2) is 25.9 Å². The van der Waals surface area contributed by atoms with Gasteiger partial charge in [0.05, 0.1) is 11.2 Å². The minimum atomic E-state index is -0.173. The van der Waals surface area contributed by atoms with Gasteiger partial charge in [0.2, 0.25) is 5.91 Å².